The number of rotatable bonds is 4. The van der Waals surface area contributed by atoms with Gasteiger partial charge in [0.1, 0.15) is 11.6 Å². The zero-order chi connectivity index (χ0) is 17.9. The lowest BCUT2D eigenvalue weighted by molar-refractivity contribution is 0.0941. The van der Waals surface area contributed by atoms with Crippen molar-refractivity contribution in [1.29, 1.82) is 0 Å². The van der Waals surface area contributed by atoms with Gasteiger partial charge in [-0.1, -0.05) is 6.07 Å². The Morgan fingerprint density at radius 3 is 2.33 bits per heavy atom. The first-order chi connectivity index (χ1) is 11.3. The van der Waals surface area contributed by atoms with Gasteiger partial charge in [0.2, 0.25) is 0 Å². The van der Waals surface area contributed by atoms with Gasteiger partial charge in [0, 0.05) is 17.3 Å². The zero-order valence-corrected chi connectivity index (χ0v) is 13.6. The second-order valence-electron chi connectivity index (χ2n) is 5.74. The molecule has 2 aromatic rings. The molecule has 2 aromatic carbocycles. The van der Waals surface area contributed by atoms with Gasteiger partial charge >= 0.3 is 0 Å². The molecule has 0 aliphatic carbocycles. The highest BCUT2D eigenvalue weighted by Crippen LogP contribution is 2.18. The predicted molar refractivity (Wildman–Crippen MR) is 88.1 cm³/mol. The molecule has 0 bridgehead atoms. The minimum atomic E-state index is -0.821. The van der Waals surface area contributed by atoms with Crippen molar-refractivity contribution in [2.45, 2.75) is 26.8 Å². The van der Waals surface area contributed by atoms with Crippen molar-refractivity contribution in [3.8, 4) is 0 Å². The molecular weight excluding hydrogens is 314 g/mol. The summed E-state index contributed by atoms with van der Waals surface area (Å²) >= 11 is 0. The van der Waals surface area contributed by atoms with Gasteiger partial charge in [0.25, 0.3) is 11.8 Å². The van der Waals surface area contributed by atoms with Gasteiger partial charge in [-0.3, -0.25) is 9.59 Å². The van der Waals surface area contributed by atoms with Crippen molar-refractivity contribution in [1.82, 2.24) is 5.32 Å². The van der Waals surface area contributed by atoms with Crippen LogP contribution in [0.1, 0.15) is 40.1 Å². The molecule has 0 unspecified atom stereocenters. The molecule has 24 heavy (non-hydrogen) atoms. The van der Waals surface area contributed by atoms with E-state index >= 15 is 0 Å². The predicted octanol–water partition coefficient (Wildman–Crippen LogP) is 3.66. The lowest BCUT2D eigenvalue weighted by Crippen LogP contribution is -2.30. The molecule has 0 aliphatic heterocycles. The van der Waals surface area contributed by atoms with Crippen LogP contribution in [0, 0.1) is 18.6 Å². The molecule has 0 radical (unpaired) electrons. The summed E-state index contributed by atoms with van der Waals surface area (Å²) in [5.74, 6) is -2.58. The van der Waals surface area contributed by atoms with Crippen LogP contribution in [0.2, 0.25) is 0 Å². The van der Waals surface area contributed by atoms with E-state index < -0.39 is 23.1 Å². The summed E-state index contributed by atoms with van der Waals surface area (Å²) in [6.07, 6.45) is 0. The first-order valence-corrected chi connectivity index (χ1v) is 7.46. The number of carbonyl (C=O) groups is 2. The number of benzene rings is 2. The van der Waals surface area contributed by atoms with Gasteiger partial charge in [-0.15, -0.1) is 0 Å². The molecule has 2 rings (SSSR count). The van der Waals surface area contributed by atoms with Crippen molar-refractivity contribution >= 4 is 17.5 Å². The van der Waals surface area contributed by atoms with Crippen LogP contribution in [0.25, 0.3) is 0 Å². The Morgan fingerprint density at radius 1 is 0.958 bits per heavy atom. The van der Waals surface area contributed by atoms with E-state index in [1.165, 1.54) is 6.07 Å². The fourth-order valence-electron chi connectivity index (χ4n) is 2.15. The maximum Gasteiger partial charge on any atom is 0.258 e. The summed E-state index contributed by atoms with van der Waals surface area (Å²) in [4.78, 5) is 24.3. The lowest BCUT2D eigenvalue weighted by atomic mass is 10.1. The zero-order valence-electron chi connectivity index (χ0n) is 13.6. The summed E-state index contributed by atoms with van der Waals surface area (Å²) in [6, 6.07) is 7.39. The molecule has 0 heterocycles. The van der Waals surface area contributed by atoms with Crippen LogP contribution in [0.3, 0.4) is 0 Å². The quantitative estimate of drug-likeness (QED) is 0.897. The first-order valence-electron chi connectivity index (χ1n) is 7.46. The SMILES string of the molecule is Cc1ccc(NC(=O)c2cc(F)ccc2F)cc1C(=O)NC(C)C. The summed E-state index contributed by atoms with van der Waals surface area (Å²) in [6.45, 7) is 5.45. The Kier molecular flexibility index (Phi) is 5.28. The molecule has 126 valence electrons. The molecule has 0 aliphatic rings. The Bertz CT molecular complexity index is 789. The minimum Gasteiger partial charge on any atom is -0.350 e. The second kappa shape index (κ2) is 7.21. The highest BCUT2D eigenvalue weighted by atomic mass is 19.1. The second-order valence-corrected chi connectivity index (χ2v) is 5.74. The van der Waals surface area contributed by atoms with Crippen LogP contribution in [0.4, 0.5) is 14.5 Å². The van der Waals surface area contributed by atoms with E-state index in [2.05, 4.69) is 10.6 Å². The molecule has 4 nitrogen and oxygen atoms in total. The molecule has 0 aromatic heterocycles. The molecule has 2 amide bonds. The summed E-state index contributed by atoms with van der Waals surface area (Å²) < 4.78 is 26.8. The topological polar surface area (TPSA) is 58.2 Å². The number of amides is 2. The number of hydrogen-bond acceptors (Lipinski definition) is 2. The van der Waals surface area contributed by atoms with Crippen LogP contribution in [-0.2, 0) is 0 Å². The van der Waals surface area contributed by atoms with Crippen LogP contribution in [0.5, 0.6) is 0 Å². The Hall–Kier alpha value is -2.76. The minimum absolute atomic E-state index is 0.0310. The molecular formula is C18H18F2N2O2. The van der Waals surface area contributed by atoms with Crippen molar-refractivity contribution in [3.63, 3.8) is 0 Å². The highest BCUT2D eigenvalue weighted by molar-refractivity contribution is 6.05. The van der Waals surface area contributed by atoms with Crippen molar-refractivity contribution in [2.24, 2.45) is 0 Å². The number of aryl methyl sites for hydroxylation is 1. The Balaban J connectivity index is 2.25. The van der Waals surface area contributed by atoms with Gasteiger partial charge in [-0.05, 0) is 56.7 Å². The number of anilines is 1. The fourth-order valence-corrected chi connectivity index (χ4v) is 2.15. The van der Waals surface area contributed by atoms with E-state index in [1.807, 2.05) is 13.8 Å². The van der Waals surface area contributed by atoms with Gasteiger partial charge in [0.15, 0.2) is 0 Å². The lowest BCUT2D eigenvalue weighted by Gasteiger charge is -2.13. The fraction of sp³-hybridized carbons (Fsp3) is 0.222. The Morgan fingerprint density at radius 2 is 1.67 bits per heavy atom. The highest BCUT2D eigenvalue weighted by Gasteiger charge is 2.15. The number of hydrogen-bond donors (Lipinski definition) is 2. The number of halogens is 2. The molecule has 0 saturated carbocycles. The molecule has 0 fully saturated rings. The van der Waals surface area contributed by atoms with E-state index in [-0.39, 0.29) is 11.9 Å². The standard InChI is InChI=1S/C18H18F2N2O2/c1-10(2)21-17(23)14-9-13(6-4-11(14)3)22-18(24)15-8-12(19)5-7-16(15)20/h4-10H,1-3H3,(H,21,23)(H,22,24). The largest absolute Gasteiger partial charge is 0.350 e. The third-order valence-corrected chi connectivity index (χ3v) is 3.33. The monoisotopic (exact) mass is 332 g/mol. The van der Waals surface area contributed by atoms with E-state index in [0.29, 0.717) is 11.3 Å². The molecule has 0 saturated heterocycles. The van der Waals surface area contributed by atoms with E-state index in [0.717, 1.165) is 23.8 Å². The van der Waals surface area contributed by atoms with E-state index in [9.17, 15) is 18.4 Å². The average Bonchev–Trinajstić information content (AvgIpc) is 2.50. The third kappa shape index (κ3) is 4.16. The molecule has 0 spiro atoms. The van der Waals surface area contributed by atoms with Gasteiger partial charge in [0.05, 0.1) is 5.56 Å². The van der Waals surface area contributed by atoms with Gasteiger partial charge in [-0.25, -0.2) is 8.78 Å². The number of nitrogens with one attached hydrogen (secondary N) is 2. The molecule has 6 heteroatoms. The van der Waals surface area contributed by atoms with Crippen LogP contribution < -0.4 is 10.6 Å². The Labute approximate surface area is 138 Å². The molecule has 0 atom stereocenters. The van der Waals surface area contributed by atoms with Crippen LogP contribution in [-0.4, -0.2) is 17.9 Å². The first kappa shape index (κ1) is 17.6. The summed E-state index contributed by atoms with van der Waals surface area (Å²) in [7, 11) is 0. The smallest absolute Gasteiger partial charge is 0.258 e. The van der Waals surface area contributed by atoms with Gasteiger partial charge < -0.3 is 10.6 Å². The van der Waals surface area contributed by atoms with Crippen LogP contribution in [0.15, 0.2) is 36.4 Å². The third-order valence-electron chi connectivity index (χ3n) is 3.33. The number of carbonyl (C=O) groups excluding carboxylic acids is 2. The molecule has 2 N–H and O–H groups in total. The van der Waals surface area contributed by atoms with Crippen LogP contribution >= 0.6 is 0 Å². The van der Waals surface area contributed by atoms with E-state index in [1.54, 1.807) is 19.1 Å². The van der Waals surface area contributed by atoms with Crippen molar-refractivity contribution < 1.29 is 18.4 Å². The average molecular weight is 332 g/mol. The maximum absolute atomic E-state index is 13.6. The summed E-state index contributed by atoms with van der Waals surface area (Å²) in [5.41, 5.74) is 1.07. The normalized spacial score (nSPS) is 10.6. The van der Waals surface area contributed by atoms with E-state index in [4.69, 9.17) is 0 Å². The van der Waals surface area contributed by atoms with Crippen molar-refractivity contribution in [3.05, 3.63) is 64.7 Å². The van der Waals surface area contributed by atoms with Crippen molar-refractivity contribution in [2.75, 3.05) is 5.32 Å². The van der Waals surface area contributed by atoms with Gasteiger partial charge in [-0.2, -0.15) is 0 Å². The maximum atomic E-state index is 13.6. The summed E-state index contributed by atoms with van der Waals surface area (Å²) in [5, 5.41) is 5.24.